The second kappa shape index (κ2) is 7.52. The van der Waals surface area contributed by atoms with Gasteiger partial charge in [0.1, 0.15) is 23.6 Å². The summed E-state index contributed by atoms with van der Waals surface area (Å²) >= 11 is 0. The average Bonchev–Trinajstić information content (AvgIpc) is 3.40. The number of furan rings is 1. The normalized spacial score (nSPS) is 22.5. The van der Waals surface area contributed by atoms with Gasteiger partial charge in [0.2, 0.25) is 5.91 Å². The van der Waals surface area contributed by atoms with Crippen LogP contribution in [0.4, 0.5) is 0 Å². The monoisotopic (exact) mass is 382 g/mol. The van der Waals surface area contributed by atoms with Gasteiger partial charge < -0.3 is 19.7 Å². The van der Waals surface area contributed by atoms with E-state index in [4.69, 9.17) is 9.68 Å². The molecule has 2 aromatic rings. The smallest absolute Gasteiger partial charge is 0.255 e. The lowest BCUT2D eigenvalue weighted by molar-refractivity contribution is -0.132. The van der Waals surface area contributed by atoms with Crippen molar-refractivity contribution in [2.24, 2.45) is 0 Å². The van der Waals surface area contributed by atoms with E-state index in [1.807, 2.05) is 4.90 Å². The predicted octanol–water partition coefficient (Wildman–Crippen LogP) is 1.46. The number of aromatic hydroxyl groups is 1. The van der Waals surface area contributed by atoms with Gasteiger partial charge >= 0.3 is 0 Å². The van der Waals surface area contributed by atoms with Crippen LogP contribution in [0, 0.1) is 11.3 Å². The number of nitrogens with one attached hydrogen (secondary N) is 1. The van der Waals surface area contributed by atoms with E-state index in [0.29, 0.717) is 29.6 Å². The molecule has 2 N–H and O–H groups in total. The largest absolute Gasteiger partial charge is 0.508 e. The first-order valence-corrected chi connectivity index (χ1v) is 9.47. The van der Waals surface area contributed by atoms with Crippen LogP contribution < -0.4 is 5.32 Å². The highest BCUT2D eigenvalue weighted by atomic mass is 16.3. The maximum atomic E-state index is 12.6. The maximum Gasteiger partial charge on any atom is 0.255 e. The van der Waals surface area contributed by atoms with Gasteiger partial charge in [0, 0.05) is 37.1 Å². The van der Waals surface area contributed by atoms with E-state index < -0.39 is 0 Å². The fourth-order valence-corrected chi connectivity index (χ4v) is 4.03. The number of phenols is 1. The number of benzene rings is 1. The van der Waals surface area contributed by atoms with Gasteiger partial charge in [-0.25, -0.2) is 0 Å². The third-order valence-corrected chi connectivity index (χ3v) is 5.49. The number of carbonyl (C=O) groups is 2. The van der Waals surface area contributed by atoms with Crippen LogP contribution in [0.1, 0.15) is 29.6 Å². The van der Waals surface area contributed by atoms with Crippen molar-refractivity contribution in [1.82, 2.24) is 15.1 Å². The van der Waals surface area contributed by atoms with E-state index in [2.05, 4.69) is 11.4 Å². The summed E-state index contributed by atoms with van der Waals surface area (Å²) < 4.78 is 5.36. The number of nitriles is 1. The van der Waals surface area contributed by atoms with Crippen LogP contribution in [0.15, 0.2) is 28.9 Å². The Kier molecular flexibility index (Phi) is 4.92. The lowest BCUT2D eigenvalue weighted by Gasteiger charge is -2.23. The Morgan fingerprint density at radius 3 is 3.00 bits per heavy atom. The highest BCUT2D eigenvalue weighted by Crippen LogP contribution is 2.25. The molecule has 4 rings (SSSR count). The molecule has 8 nitrogen and oxygen atoms in total. The van der Waals surface area contributed by atoms with E-state index >= 15 is 0 Å². The molecule has 2 amide bonds. The molecule has 0 aliphatic carbocycles. The molecule has 1 unspecified atom stereocenters. The first kappa shape index (κ1) is 18.3. The Hall–Kier alpha value is -3.05. The molecule has 2 aliphatic rings. The molecule has 0 bridgehead atoms. The number of carbonyl (C=O) groups excluding carboxylic acids is 2. The molecular formula is C20H22N4O4. The van der Waals surface area contributed by atoms with E-state index in [9.17, 15) is 14.7 Å². The fourth-order valence-electron chi connectivity index (χ4n) is 4.03. The number of rotatable bonds is 4. The van der Waals surface area contributed by atoms with E-state index in [1.54, 1.807) is 11.0 Å². The quantitative estimate of drug-likeness (QED) is 0.828. The van der Waals surface area contributed by atoms with Crippen molar-refractivity contribution in [3.63, 3.8) is 0 Å². The van der Waals surface area contributed by atoms with Gasteiger partial charge in [-0.3, -0.25) is 14.5 Å². The fraction of sp³-hybridized carbons (Fsp3) is 0.450. The molecule has 0 radical (unpaired) electrons. The average molecular weight is 382 g/mol. The Morgan fingerprint density at radius 1 is 1.32 bits per heavy atom. The number of phenolic OH excluding ortho intramolecular Hbond substituents is 1. The Bertz CT molecular complexity index is 947. The molecule has 1 aromatic heterocycles. The molecule has 2 saturated heterocycles. The molecular weight excluding hydrogens is 360 g/mol. The molecule has 3 heterocycles. The van der Waals surface area contributed by atoms with E-state index in [1.165, 1.54) is 18.4 Å². The summed E-state index contributed by atoms with van der Waals surface area (Å²) in [6, 6.07) is 6.49. The minimum absolute atomic E-state index is 0.0170. The van der Waals surface area contributed by atoms with Gasteiger partial charge in [-0.2, -0.15) is 5.26 Å². The molecule has 1 aromatic carbocycles. The van der Waals surface area contributed by atoms with Crippen LogP contribution in [0.2, 0.25) is 0 Å². The molecule has 2 fully saturated rings. The Balaban J connectivity index is 1.33. The van der Waals surface area contributed by atoms with Crippen molar-refractivity contribution < 1.29 is 19.1 Å². The number of amides is 2. The van der Waals surface area contributed by atoms with Crippen LogP contribution in [-0.4, -0.2) is 65.0 Å². The molecule has 0 saturated carbocycles. The lowest BCUT2D eigenvalue weighted by Crippen LogP contribution is -2.43. The number of hydrogen-bond acceptors (Lipinski definition) is 6. The minimum atomic E-state index is -0.306. The summed E-state index contributed by atoms with van der Waals surface area (Å²) in [5.74, 6) is -0.162. The molecule has 2 atom stereocenters. The Morgan fingerprint density at radius 2 is 2.18 bits per heavy atom. The molecule has 0 spiro atoms. The summed E-state index contributed by atoms with van der Waals surface area (Å²) in [6.45, 7) is 2.24. The van der Waals surface area contributed by atoms with Crippen molar-refractivity contribution >= 4 is 22.8 Å². The predicted molar refractivity (Wildman–Crippen MR) is 101 cm³/mol. The SMILES string of the molecule is N#CC1CCCN1C(=O)CN1CC[C@H](NC(=O)c2coc3cc(O)ccc23)C1. The summed E-state index contributed by atoms with van der Waals surface area (Å²) in [5, 5.41) is 22.3. The van der Waals surface area contributed by atoms with Crippen molar-refractivity contribution in [2.45, 2.75) is 31.3 Å². The summed E-state index contributed by atoms with van der Waals surface area (Å²) in [5.41, 5.74) is 0.889. The Labute approximate surface area is 162 Å². The van der Waals surface area contributed by atoms with Gasteiger partial charge in [0.05, 0.1) is 18.2 Å². The number of hydrogen-bond donors (Lipinski definition) is 2. The van der Waals surface area contributed by atoms with Crippen LogP contribution in [0.5, 0.6) is 5.75 Å². The van der Waals surface area contributed by atoms with Crippen LogP contribution in [0.3, 0.4) is 0 Å². The summed E-state index contributed by atoms with van der Waals surface area (Å²) in [7, 11) is 0. The molecule has 8 heteroatoms. The van der Waals surface area contributed by atoms with Crippen molar-refractivity contribution in [1.29, 1.82) is 5.26 Å². The zero-order valence-electron chi connectivity index (χ0n) is 15.4. The van der Waals surface area contributed by atoms with Gasteiger partial charge in [-0.1, -0.05) is 0 Å². The first-order chi connectivity index (χ1) is 13.5. The number of nitrogens with zero attached hydrogens (tertiary/aromatic N) is 3. The molecule has 2 aliphatic heterocycles. The highest BCUT2D eigenvalue weighted by Gasteiger charge is 2.32. The third-order valence-electron chi connectivity index (χ3n) is 5.49. The second-order valence-electron chi connectivity index (χ2n) is 7.40. The third kappa shape index (κ3) is 3.53. The second-order valence-corrected chi connectivity index (χ2v) is 7.40. The van der Waals surface area contributed by atoms with Gasteiger partial charge in [-0.15, -0.1) is 0 Å². The van der Waals surface area contributed by atoms with Crippen LogP contribution >= 0.6 is 0 Å². The zero-order valence-corrected chi connectivity index (χ0v) is 15.4. The lowest BCUT2D eigenvalue weighted by atomic mass is 10.1. The highest BCUT2D eigenvalue weighted by molar-refractivity contribution is 6.06. The standard InChI is InChI=1S/C20H22N4O4/c21-9-14-2-1-6-24(14)19(26)11-23-7-5-13(10-23)22-20(27)17-12-28-18-8-15(25)3-4-16(17)18/h3-4,8,12-14,25H,1-2,5-7,10-11H2,(H,22,27)/t13-,14?/m0/s1. The first-order valence-electron chi connectivity index (χ1n) is 9.47. The van der Waals surface area contributed by atoms with Crippen molar-refractivity contribution in [3.05, 3.63) is 30.0 Å². The van der Waals surface area contributed by atoms with Gasteiger partial charge in [0.25, 0.3) is 5.91 Å². The van der Waals surface area contributed by atoms with Crippen LogP contribution in [0.25, 0.3) is 11.0 Å². The summed E-state index contributed by atoms with van der Waals surface area (Å²) in [6.07, 6.45) is 3.78. The van der Waals surface area contributed by atoms with Crippen molar-refractivity contribution in [3.8, 4) is 11.8 Å². The van der Waals surface area contributed by atoms with E-state index in [-0.39, 0.29) is 36.2 Å². The number of fused-ring (bicyclic) bond motifs is 1. The molecule has 28 heavy (non-hydrogen) atoms. The van der Waals surface area contributed by atoms with Gasteiger partial charge in [-0.05, 0) is 31.4 Å². The maximum absolute atomic E-state index is 12.6. The molecule has 146 valence electrons. The number of likely N-dealkylation sites (tertiary alicyclic amines) is 2. The van der Waals surface area contributed by atoms with Crippen molar-refractivity contribution in [2.75, 3.05) is 26.2 Å². The minimum Gasteiger partial charge on any atom is -0.508 e. The van der Waals surface area contributed by atoms with Crippen LogP contribution in [-0.2, 0) is 4.79 Å². The van der Waals surface area contributed by atoms with Gasteiger partial charge in [0.15, 0.2) is 0 Å². The topological polar surface area (TPSA) is 110 Å². The zero-order chi connectivity index (χ0) is 19.7. The van der Waals surface area contributed by atoms with E-state index in [0.717, 1.165) is 25.8 Å². The summed E-state index contributed by atoms with van der Waals surface area (Å²) in [4.78, 5) is 28.8.